The van der Waals surface area contributed by atoms with Crippen molar-refractivity contribution in [1.29, 1.82) is 0 Å². The zero-order valence-electron chi connectivity index (χ0n) is 10.3. The minimum Gasteiger partial charge on any atom is -0.468 e. The van der Waals surface area contributed by atoms with Crippen LogP contribution in [0.3, 0.4) is 0 Å². The molecule has 0 aliphatic carbocycles. The van der Waals surface area contributed by atoms with Crippen molar-refractivity contribution in [3.8, 4) is 0 Å². The number of esters is 1. The molecule has 96 valence electrons. The maximum Gasteiger partial charge on any atom is 0.322 e. The van der Waals surface area contributed by atoms with Gasteiger partial charge >= 0.3 is 5.97 Å². The van der Waals surface area contributed by atoms with Crippen molar-refractivity contribution in [2.45, 2.75) is 25.3 Å². The molecular weight excluding hydrogens is 230 g/mol. The number of carbonyl (C=O) groups excluding carboxylic acids is 1. The molecule has 1 atom stereocenters. The van der Waals surface area contributed by atoms with E-state index in [2.05, 4.69) is 20.8 Å². The Kier molecular flexibility index (Phi) is 3.94. The van der Waals surface area contributed by atoms with E-state index in [9.17, 15) is 4.79 Å². The van der Waals surface area contributed by atoms with E-state index in [0.29, 0.717) is 6.42 Å². The van der Waals surface area contributed by atoms with Gasteiger partial charge in [0.15, 0.2) is 0 Å². The van der Waals surface area contributed by atoms with Gasteiger partial charge in [-0.15, -0.1) is 0 Å². The van der Waals surface area contributed by atoms with Gasteiger partial charge in [-0.05, 0) is 37.0 Å². The highest BCUT2D eigenvalue weighted by atomic mass is 16.5. The fourth-order valence-electron chi connectivity index (χ4n) is 1.93. The molecule has 5 nitrogen and oxygen atoms in total. The van der Waals surface area contributed by atoms with Gasteiger partial charge in [0.1, 0.15) is 6.04 Å². The van der Waals surface area contributed by atoms with E-state index < -0.39 is 6.04 Å². The third kappa shape index (κ3) is 2.87. The van der Waals surface area contributed by atoms with Crippen molar-refractivity contribution in [3.63, 3.8) is 0 Å². The second kappa shape index (κ2) is 5.64. The summed E-state index contributed by atoms with van der Waals surface area (Å²) in [6.07, 6.45) is 4.06. The molecule has 0 aliphatic heterocycles. The number of benzene rings is 1. The van der Waals surface area contributed by atoms with Gasteiger partial charge in [0.05, 0.1) is 24.5 Å². The summed E-state index contributed by atoms with van der Waals surface area (Å²) in [5.74, 6) is -0.348. The number of hydrogen-bond acceptors (Lipinski definition) is 4. The largest absolute Gasteiger partial charge is 0.468 e. The first-order valence-electron chi connectivity index (χ1n) is 5.96. The summed E-state index contributed by atoms with van der Waals surface area (Å²) < 4.78 is 4.58. The lowest BCUT2D eigenvalue weighted by Gasteiger charge is -2.08. The third-order valence-electron chi connectivity index (χ3n) is 2.97. The molecule has 0 bridgehead atoms. The Labute approximate surface area is 105 Å². The van der Waals surface area contributed by atoms with Crippen LogP contribution in [0.25, 0.3) is 11.0 Å². The first-order valence-corrected chi connectivity index (χ1v) is 5.96. The van der Waals surface area contributed by atoms with Crippen LogP contribution < -0.4 is 5.73 Å². The molecule has 1 unspecified atom stereocenters. The van der Waals surface area contributed by atoms with Crippen LogP contribution in [0.15, 0.2) is 24.5 Å². The number of hydrogen-bond donors (Lipinski definition) is 2. The van der Waals surface area contributed by atoms with Crippen molar-refractivity contribution >= 4 is 17.0 Å². The molecule has 1 aromatic heterocycles. The number of H-pyrrole nitrogens is 1. The quantitative estimate of drug-likeness (QED) is 0.782. The number of fused-ring (bicyclic) bond motifs is 1. The van der Waals surface area contributed by atoms with Crippen molar-refractivity contribution in [1.82, 2.24) is 9.97 Å². The number of aromatic amines is 1. The number of carbonyl (C=O) groups is 1. The zero-order chi connectivity index (χ0) is 13.0. The molecule has 0 saturated heterocycles. The average molecular weight is 247 g/mol. The number of methoxy groups -OCH3 is 1. The monoisotopic (exact) mass is 247 g/mol. The van der Waals surface area contributed by atoms with Crippen LogP contribution in [0.5, 0.6) is 0 Å². The number of nitrogens with zero attached hydrogens (tertiary/aromatic N) is 1. The summed E-state index contributed by atoms with van der Waals surface area (Å²) in [7, 11) is 1.36. The van der Waals surface area contributed by atoms with E-state index >= 15 is 0 Å². The molecular formula is C13H17N3O2. The second-order valence-corrected chi connectivity index (χ2v) is 4.28. The summed E-state index contributed by atoms with van der Waals surface area (Å²) >= 11 is 0. The fraction of sp³-hybridized carbons (Fsp3) is 0.385. The van der Waals surface area contributed by atoms with Crippen LogP contribution >= 0.6 is 0 Å². The van der Waals surface area contributed by atoms with Crippen molar-refractivity contribution in [2.75, 3.05) is 7.11 Å². The van der Waals surface area contributed by atoms with Crippen molar-refractivity contribution in [2.24, 2.45) is 5.73 Å². The molecule has 0 fully saturated rings. The van der Waals surface area contributed by atoms with E-state index in [1.165, 1.54) is 12.7 Å². The van der Waals surface area contributed by atoms with Crippen LogP contribution in [0.1, 0.15) is 18.4 Å². The van der Waals surface area contributed by atoms with E-state index in [1.807, 2.05) is 12.1 Å². The summed E-state index contributed by atoms with van der Waals surface area (Å²) in [5, 5.41) is 0. The van der Waals surface area contributed by atoms with Crippen LogP contribution in [0.4, 0.5) is 0 Å². The summed E-state index contributed by atoms with van der Waals surface area (Å²) in [6, 6.07) is 5.59. The Hall–Kier alpha value is -1.88. The third-order valence-corrected chi connectivity index (χ3v) is 2.97. The highest BCUT2D eigenvalue weighted by Crippen LogP contribution is 2.14. The van der Waals surface area contributed by atoms with Crippen LogP contribution in [0.2, 0.25) is 0 Å². The molecule has 0 spiro atoms. The number of imidazole rings is 1. The number of nitrogens with one attached hydrogen (secondary N) is 1. The van der Waals surface area contributed by atoms with Gasteiger partial charge in [0, 0.05) is 0 Å². The molecule has 0 aliphatic rings. The topological polar surface area (TPSA) is 81.0 Å². The minimum atomic E-state index is -0.522. The Bertz CT molecular complexity index is 536. The van der Waals surface area contributed by atoms with Gasteiger partial charge in [-0.2, -0.15) is 0 Å². The molecule has 3 N–H and O–H groups in total. The fourth-order valence-corrected chi connectivity index (χ4v) is 1.93. The second-order valence-electron chi connectivity index (χ2n) is 4.28. The maximum atomic E-state index is 11.1. The zero-order valence-corrected chi connectivity index (χ0v) is 10.3. The molecule has 5 heteroatoms. The predicted octanol–water partition coefficient (Wildman–Crippen LogP) is 1.39. The number of ether oxygens (including phenoxy) is 1. The van der Waals surface area contributed by atoms with E-state index in [1.54, 1.807) is 6.33 Å². The standard InChI is InChI=1S/C13H17N3O2/c1-18-13(17)10(14)4-2-3-9-5-6-11-12(7-9)16-8-15-11/h5-8,10H,2-4,14H2,1H3,(H,15,16). The number of aromatic nitrogens is 2. The first kappa shape index (κ1) is 12.6. The van der Waals surface area contributed by atoms with Crippen LogP contribution in [-0.2, 0) is 16.0 Å². The first-order chi connectivity index (χ1) is 8.70. The predicted molar refractivity (Wildman–Crippen MR) is 69.0 cm³/mol. The Morgan fingerprint density at radius 1 is 1.56 bits per heavy atom. The van der Waals surface area contributed by atoms with Gasteiger partial charge in [-0.25, -0.2) is 4.98 Å². The Balaban J connectivity index is 1.88. The van der Waals surface area contributed by atoms with Gasteiger partial charge in [-0.1, -0.05) is 6.07 Å². The molecule has 1 heterocycles. The molecule has 0 saturated carbocycles. The van der Waals surface area contributed by atoms with Crippen molar-refractivity contribution < 1.29 is 9.53 Å². The van der Waals surface area contributed by atoms with Gasteiger partial charge in [-0.3, -0.25) is 4.79 Å². The highest BCUT2D eigenvalue weighted by Gasteiger charge is 2.12. The van der Waals surface area contributed by atoms with Gasteiger partial charge in [0.25, 0.3) is 0 Å². The highest BCUT2D eigenvalue weighted by molar-refractivity contribution is 5.75. The average Bonchev–Trinajstić information content (AvgIpc) is 2.85. The molecule has 2 rings (SSSR count). The Morgan fingerprint density at radius 2 is 2.39 bits per heavy atom. The molecule has 18 heavy (non-hydrogen) atoms. The number of rotatable bonds is 5. The molecule has 0 radical (unpaired) electrons. The lowest BCUT2D eigenvalue weighted by molar-refractivity contribution is -0.142. The van der Waals surface area contributed by atoms with Crippen molar-refractivity contribution in [3.05, 3.63) is 30.1 Å². The van der Waals surface area contributed by atoms with E-state index in [4.69, 9.17) is 5.73 Å². The Morgan fingerprint density at radius 3 is 3.17 bits per heavy atom. The van der Waals surface area contributed by atoms with Crippen LogP contribution in [0, 0.1) is 0 Å². The van der Waals surface area contributed by atoms with E-state index in [-0.39, 0.29) is 5.97 Å². The summed E-state index contributed by atoms with van der Waals surface area (Å²) in [4.78, 5) is 18.4. The maximum absolute atomic E-state index is 11.1. The summed E-state index contributed by atoms with van der Waals surface area (Å²) in [6.45, 7) is 0. The molecule has 1 aromatic carbocycles. The van der Waals surface area contributed by atoms with E-state index in [0.717, 1.165) is 23.9 Å². The lowest BCUT2D eigenvalue weighted by atomic mass is 10.0. The van der Waals surface area contributed by atoms with Gasteiger partial charge < -0.3 is 15.5 Å². The molecule has 2 aromatic rings. The minimum absolute atomic E-state index is 0.348. The normalized spacial score (nSPS) is 12.6. The number of aryl methyl sites for hydroxylation is 1. The lowest BCUT2D eigenvalue weighted by Crippen LogP contribution is -2.31. The van der Waals surface area contributed by atoms with Crippen LogP contribution in [-0.4, -0.2) is 29.1 Å². The smallest absolute Gasteiger partial charge is 0.322 e. The molecule has 0 amide bonds. The van der Waals surface area contributed by atoms with Gasteiger partial charge in [0.2, 0.25) is 0 Å². The SMILES string of the molecule is COC(=O)C(N)CCCc1ccc2nc[nH]c2c1. The summed E-state index contributed by atoms with van der Waals surface area (Å²) in [5.41, 5.74) is 8.88. The number of nitrogens with two attached hydrogens (primary N) is 1.